The van der Waals surface area contributed by atoms with Crippen LogP contribution in [-0.2, 0) is 0 Å². The Kier molecular flexibility index (Phi) is 4.33. The van der Waals surface area contributed by atoms with Crippen molar-refractivity contribution in [2.75, 3.05) is 33.7 Å². The average Bonchev–Trinajstić information content (AvgIpc) is 2.72. The molecular formula is C16H26N4. The Morgan fingerprint density at radius 1 is 1.20 bits per heavy atom. The van der Waals surface area contributed by atoms with Crippen LogP contribution in [0.25, 0.3) is 0 Å². The van der Waals surface area contributed by atoms with E-state index in [4.69, 9.17) is 5.73 Å². The number of rotatable bonds is 4. The highest BCUT2D eigenvalue weighted by atomic mass is 15.3. The Morgan fingerprint density at radius 2 is 1.85 bits per heavy atom. The normalized spacial score (nSPS) is 18.8. The summed E-state index contributed by atoms with van der Waals surface area (Å²) in [5, 5.41) is 0. The highest BCUT2D eigenvalue weighted by Crippen LogP contribution is 2.29. The van der Waals surface area contributed by atoms with Gasteiger partial charge in [0.1, 0.15) is 0 Å². The molecule has 1 atom stereocenters. The molecule has 0 saturated heterocycles. The molecule has 20 heavy (non-hydrogen) atoms. The van der Waals surface area contributed by atoms with Crippen molar-refractivity contribution in [3.63, 3.8) is 0 Å². The number of likely N-dealkylation sites (N-methyl/N-ethyl adjacent to an activating group) is 1. The van der Waals surface area contributed by atoms with Gasteiger partial charge in [-0.1, -0.05) is 12.1 Å². The minimum atomic E-state index is 0.286. The van der Waals surface area contributed by atoms with E-state index in [2.05, 4.69) is 61.8 Å². The largest absolute Gasteiger partial charge is 0.370 e. The maximum Gasteiger partial charge on any atom is 0.191 e. The van der Waals surface area contributed by atoms with Crippen molar-refractivity contribution in [1.29, 1.82) is 0 Å². The average molecular weight is 274 g/mol. The molecule has 0 fully saturated rings. The lowest BCUT2D eigenvalue weighted by atomic mass is 9.95. The molecule has 0 bridgehead atoms. The molecule has 1 unspecified atom stereocenters. The van der Waals surface area contributed by atoms with Gasteiger partial charge >= 0.3 is 0 Å². The van der Waals surface area contributed by atoms with Crippen molar-refractivity contribution in [2.45, 2.75) is 26.8 Å². The lowest BCUT2D eigenvalue weighted by Gasteiger charge is -2.29. The topological polar surface area (TPSA) is 44.9 Å². The molecule has 0 spiro atoms. The maximum atomic E-state index is 6.07. The van der Waals surface area contributed by atoms with E-state index in [9.17, 15) is 0 Å². The fraction of sp³-hybridized carbons (Fsp3) is 0.562. The van der Waals surface area contributed by atoms with Gasteiger partial charge in [-0.2, -0.15) is 0 Å². The van der Waals surface area contributed by atoms with Crippen molar-refractivity contribution >= 4 is 5.96 Å². The van der Waals surface area contributed by atoms with Crippen LogP contribution >= 0.6 is 0 Å². The molecule has 2 rings (SSSR count). The smallest absolute Gasteiger partial charge is 0.191 e. The number of nitrogens with zero attached hydrogens (tertiary/aromatic N) is 3. The molecule has 4 nitrogen and oxygen atoms in total. The van der Waals surface area contributed by atoms with Crippen LogP contribution in [0.15, 0.2) is 17.1 Å². The highest BCUT2D eigenvalue weighted by Gasteiger charge is 2.28. The zero-order chi connectivity index (χ0) is 14.9. The number of guanidine groups is 1. The third-order valence-corrected chi connectivity index (χ3v) is 4.13. The van der Waals surface area contributed by atoms with Gasteiger partial charge in [-0.25, -0.2) is 0 Å². The Morgan fingerprint density at radius 3 is 2.50 bits per heavy atom. The van der Waals surface area contributed by atoms with Gasteiger partial charge in [0, 0.05) is 13.1 Å². The van der Waals surface area contributed by atoms with E-state index in [1.54, 1.807) is 0 Å². The summed E-state index contributed by atoms with van der Waals surface area (Å²) in [7, 11) is 4.17. The van der Waals surface area contributed by atoms with Crippen LogP contribution in [0.1, 0.15) is 28.3 Å². The Hall–Kier alpha value is -1.55. The van der Waals surface area contributed by atoms with Crippen LogP contribution in [0.5, 0.6) is 0 Å². The van der Waals surface area contributed by atoms with Crippen LogP contribution < -0.4 is 5.73 Å². The van der Waals surface area contributed by atoms with Crippen molar-refractivity contribution in [2.24, 2.45) is 10.7 Å². The first-order valence-corrected chi connectivity index (χ1v) is 7.19. The van der Waals surface area contributed by atoms with E-state index in [1.807, 2.05) is 0 Å². The first-order chi connectivity index (χ1) is 9.40. The fourth-order valence-electron chi connectivity index (χ4n) is 2.72. The first-order valence-electron chi connectivity index (χ1n) is 7.19. The predicted octanol–water partition coefficient (Wildman–Crippen LogP) is 1.84. The second-order valence-corrected chi connectivity index (χ2v) is 6.00. The van der Waals surface area contributed by atoms with E-state index >= 15 is 0 Å². The molecule has 1 aromatic carbocycles. The summed E-state index contributed by atoms with van der Waals surface area (Å²) in [5.41, 5.74) is 11.4. The van der Waals surface area contributed by atoms with Crippen LogP contribution in [0, 0.1) is 20.8 Å². The molecule has 0 aromatic heterocycles. The third-order valence-electron chi connectivity index (χ3n) is 4.13. The molecule has 1 heterocycles. The van der Waals surface area contributed by atoms with E-state index in [0.29, 0.717) is 5.96 Å². The predicted molar refractivity (Wildman–Crippen MR) is 85.1 cm³/mol. The summed E-state index contributed by atoms with van der Waals surface area (Å²) < 4.78 is 0. The van der Waals surface area contributed by atoms with Crippen LogP contribution in [0.3, 0.4) is 0 Å². The maximum absolute atomic E-state index is 6.07. The SMILES string of the molecule is Cc1cc(C)c(C2CN=C(N)N2CCN(C)C)cc1C. The van der Waals surface area contributed by atoms with E-state index < -0.39 is 0 Å². The Balaban J connectivity index is 2.25. The second-order valence-electron chi connectivity index (χ2n) is 6.00. The third kappa shape index (κ3) is 2.96. The number of nitrogens with two attached hydrogens (primary N) is 1. The van der Waals surface area contributed by atoms with Crippen LogP contribution in [0.4, 0.5) is 0 Å². The molecular weight excluding hydrogens is 248 g/mol. The van der Waals surface area contributed by atoms with Gasteiger partial charge in [0.2, 0.25) is 0 Å². The molecule has 0 aliphatic carbocycles. The minimum absolute atomic E-state index is 0.286. The van der Waals surface area contributed by atoms with Gasteiger partial charge in [-0.15, -0.1) is 0 Å². The highest BCUT2D eigenvalue weighted by molar-refractivity contribution is 5.80. The van der Waals surface area contributed by atoms with Gasteiger partial charge in [0.25, 0.3) is 0 Å². The van der Waals surface area contributed by atoms with Gasteiger partial charge in [-0.3, -0.25) is 4.99 Å². The minimum Gasteiger partial charge on any atom is -0.370 e. The summed E-state index contributed by atoms with van der Waals surface area (Å²) in [6.45, 7) is 9.18. The first kappa shape index (κ1) is 14.9. The number of aliphatic imine (C=N–C) groups is 1. The van der Waals surface area contributed by atoms with Crippen molar-refractivity contribution in [3.8, 4) is 0 Å². The molecule has 1 aromatic rings. The summed E-state index contributed by atoms with van der Waals surface area (Å²) >= 11 is 0. The molecule has 1 aliphatic rings. The molecule has 0 saturated carbocycles. The lowest BCUT2D eigenvalue weighted by molar-refractivity contribution is 0.292. The van der Waals surface area contributed by atoms with E-state index in [1.165, 1.54) is 22.3 Å². The number of hydrogen-bond donors (Lipinski definition) is 1. The van der Waals surface area contributed by atoms with Crippen LogP contribution in [0.2, 0.25) is 0 Å². The fourth-order valence-corrected chi connectivity index (χ4v) is 2.72. The quantitative estimate of drug-likeness (QED) is 0.911. The lowest BCUT2D eigenvalue weighted by Crippen LogP contribution is -2.40. The van der Waals surface area contributed by atoms with E-state index in [0.717, 1.165) is 19.6 Å². The summed E-state index contributed by atoms with van der Waals surface area (Å²) in [6.07, 6.45) is 0. The van der Waals surface area contributed by atoms with Crippen molar-refractivity contribution in [1.82, 2.24) is 9.80 Å². The van der Waals surface area contributed by atoms with Gasteiger partial charge in [-0.05, 0) is 57.1 Å². The standard InChI is InChI=1S/C16H26N4/c1-11-8-13(3)14(9-12(11)2)15-10-18-16(17)20(15)7-6-19(4)5/h8-9,15H,6-7,10H2,1-5H3,(H2,17,18). The van der Waals surface area contributed by atoms with Gasteiger partial charge in [0.05, 0.1) is 12.6 Å². The molecule has 0 amide bonds. The summed E-state index contributed by atoms with van der Waals surface area (Å²) in [5.74, 6) is 0.675. The molecule has 4 heteroatoms. The number of benzene rings is 1. The molecule has 0 radical (unpaired) electrons. The monoisotopic (exact) mass is 274 g/mol. The van der Waals surface area contributed by atoms with Crippen molar-refractivity contribution < 1.29 is 0 Å². The Labute approximate surface area is 122 Å². The van der Waals surface area contributed by atoms with Gasteiger partial charge in [0.15, 0.2) is 5.96 Å². The molecule has 110 valence electrons. The molecule has 2 N–H and O–H groups in total. The van der Waals surface area contributed by atoms with Crippen LogP contribution in [-0.4, -0.2) is 49.5 Å². The summed E-state index contributed by atoms with van der Waals surface area (Å²) in [4.78, 5) is 8.86. The second kappa shape index (κ2) is 5.83. The zero-order valence-electron chi connectivity index (χ0n) is 13.3. The zero-order valence-corrected chi connectivity index (χ0v) is 13.3. The number of hydrogen-bond acceptors (Lipinski definition) is 4. The van der Waals surface area contributed by atoms with Gasteiger partial charge < -0.3 is 15.5 Å². The van der Waals surface area contributed by atoms with Crippen molar-refractivity contribution in [3.05, 3.63) is 34.4 Å². The molecule has 1 aliphatic heterocycles. The Bertz CT molecular complexity index is 519. The number of aryl methyl sites for hydroxylation is 3. The van der Waals surface area contributed by atoms with E-state index in [-0.39, 0.29) is 6.04 Å². The summed E-state index contributed by atoms with van der Waals surface area (Å²) in [6, 6.07) is 4.85.